The van der Waals surface area contributed by atoms with E-state index in [0.29, 0.717) is 12.1 Å². The number of thioether (sulfide) groups is 1. The molecule has 0 bridgehead atoms. The Bertz CT molecular complexity index is 840. The van der Waals surface area contributed by atoms with Gasteiger partial charge in [-0.1, -0.05) is 37.7 Å². The van der Waals surface area contributed by atoms with Crippen LogP contribution in [0.5, 0.6) is 0 Å². The van der Waals surface area contributed by atoms with Crippen LogP contribution in [0, 0.1) is 0 Å². The number of hydrogen-bond acceptors (Lipinski definition) is 6. The molecule has 1 aliphatic heterocycles. The second-order valence-corrected chi connectivity index (χ2v) is 8.55. The van der Waals surface area contributed by atoms with Crippen LogP contribution in [0.4, 0.5) is 5.82 Å². The number of benzene rings is 1. The lowest BCUT2D eigenvalue weighted by atomic mass is 10.1. The highest BCUT2D eigenvalue weighted by Crippen LogP contribution is 2.23. The minimum Gasteiger partial charge on any atom is -0.376 e. The van der Waals surface area contributed by atoms with Crippen molar-refractivity contribution in [1.82, 2.24) is 15.3 Å². The maximum absolute atomic E-state index is 12.5. The molecular formula is C23H32N4O2S. The molecule has 6 nitrogen and oxygen atoms in total. The van der Waals surface area contributed by atoms with Crippen LogP contribution in [-0.2, 0) is 16.9 Å². The molecule has 1 saturated heterocycles. The van der Waals surface area contributed by atoms with Crippen LogP contribution in [0.25, 0.3) is 0 Å². The van der Waals surface area contributed by atoms with Gasteiger partial charge in [-0.25, -0.2) is 9.97 Å². The van der Waals surface area contributed by atoms with Gasteiger partial charge in [0.15, 0.2) is 5.16 Å². The number of ether oxygens (including phenoxy) is 1. The van der Waals surface area contributed by atoms with Gasteiger partial charge in [0.1, 0.15) is 5.82 Å². The molecule has 0 saturated carbocycles. The first-order chi connectivity index (χ1) is 14.6. The Hall–Kier alpha value is -2.12. The molecule has 0 aliphatic carbocycles. The molecule has 3 rings (SSSR count). The number of carbonyl (C=O) groups excluding carboxylic acids is 1. The van der Waals surface area contributed by atoms with Gasteiger partial charge in [0.2, 0.25) is 0 Å². The van der Waals surface area contributed by atoms with Gasteiger partial charge < -0.3 is 15.0 Å². The summed E-state index contributed by atoms with van der Waals surface area (Å²) < 4.78 is 5.58. The molecule has 0 unspecified atom stereocenters. The molecule has 0 spiro atoms. The summed E-state index contributed by atoms with van der Waals surface area (Å²) in [4.78, 5) is 24.1. The topological polar surface area (TPSA) is 67.4 Å². The summed E-state index contributed by atoms with van der Waals surface area (Å²) in [6, 6.07) is 9.84. The van der Waals surface area contributed by atoms with Gasteiger partial charge in [-0.2, -0.15) is 0 Å². The van der Waals surface area contributed by atoms with Crippen LogP contribution in [-0.4, -0.2) is 48.7 Å². The molecule has 1 amide bonds. The van der Waals surface area contributed by atoms with Crippen molar-refractivity contribution in [2.24, 2.45) is 0 Å². The molecule has 1 aromatic carbocycles. The van der Waals surface area contributed by atoms with E-state index in [0.717, 1.165) is 66.8 Å². The normalized spacial score (nSPS) is 15.9. The smallest absolute Gasteiger partial charge is 0.251 e. The van der Waals surface area contributed by atoms with Gasteiger partial charge in [-0.05, 0) is 43.4 Å². The predicted octanol–water partition coefficient (Wildman–Crippen LogP) is 4.09. The summed E-state index contributed by atoms with van der Waals surface area (Å²) >= 11 is 1.61. The molecule has 30 heavy (non-hydrogen) atoms. The number of anilines is 1. The summed E-state index contributed by atoms with van der Waals surface area (Å²) in [7, 11) is 2.07. The Labute approximate surface area is 183 Å². The van der Waals surface area contributed by atoms with Crippen molar-refractivity contribution in [3.05, 3.63) is 47.2 Å². The third-order valence-electron chi connectivity index (χ3n) is 5.13. The fourth-order valence-corrected chi connectivity index (χ4v) is 4.23. The fourth-order valence-electron chi connectivity index (χ4n) is 3.41. The number of hydrogen-bond donors (Lipinski definition) is 1. The van der Waals surface area contributed by atoms with Crippen molar-refractivity contribution < 1.29 is 9.53 Å². The zero-order chi connectivity index (χ0) is 21.3. The Balaban J connectivity index is 1.62. The first-order valence-electron chi connectivity index (χ1n) is 10.8. The Morgan fingerprint density at radius 1 is 1.30 bits per heavy atom. The molecule has 2 aromatic rings. The van der Waals surface area contributed by atoms with Crippen LogP contribution < -0.4 is 10.2 Å². The van der Waals surface area contributed by atoms with Gasteiger partial charge >= 0.3 is 0 Å². The molecule has 1 atom stereocenters. The standard InChI is InChI=1S/C23H32N4O2S/c1-4-11-27(3)21-14-19(5-2)25-23(26-21)30-16-17-8-6-9-18(13-17)22(28)24-15-20-10-7-12-29-20/h6,8-9,13-14,20H,4-5,7,10-12,15-16H2,1-3H3,(H,24,28)/t20-/m0/s1. The molecule has 162 valence electrons. The molecule has 7 heteroatoms. The summed E-state index contributed by atoms with van der Waals surface area (Å²) in [5.41, 5.74) is 2.81. The Kier molecular flexibility index (Phi) is 8.51. The minimum atomic E-state index is -0.0509. The molecule has 1 fully saturated rings. The first-order valence-corrected chi connectivity index (χ1v) is 11.8. The summed E-state index contributed by atoms with van der Waals surface area (Å²) in [6.07, 6.45) is 4.19. The van der Waals surface area contributed by atoms with E-state index in [1.807, 2.05) is 24.3 Å². The second kappa shape index (κ2) is 11.3. The highest BCUT2D eigenvalue weighted by atomic mass is 32.2. The predicted molar refractivity (Wildman–Crippen MR) is 122 cm³/mol. The maximum atomic E-state index is 12.5. The van der Waals surface area contributed by atoms with Crippen molar-refractivity contribution in [2.45, 2.75) is 56.5 Å². The highest BCUT2D eigenvalue weighted by Gasteiger charge is 2.17. The van der Waals surface area contributed by atoms with Crippen molar-refractivity contribution in [3.63, 3.8) is 0 Å². The van der Waals surface area contributed by atoms with Gasteiger partial charge in [-0.3, -0.25) is 4.79 Å². The van der Waals surface area contributed by atoms with Crippen molar-refractivity contribution in [3.8, 4) is 0 Å². The Morgan fingerprint density at radius 2 is 2.17 bits per heavy atom. The van der Waals surface area contributed by atoms with Crippen LogP contribution in [0.3, 0.4) is 0 Å². The third-order valence-corrected chi connectivity index (χ3v) is 6.05. The number of aromatic nitrogens is 2. The zero-order valence-corrected chi connectivity index (χ0v) is 19.0. The lowest BCUT2D eigenvalue weighted by Gasteiger charge is -2.18. The molecule has 1 N–H and O–H groups in total. The first kappa shape index (κ1) is 22.6. The van der Waals surface area contributed by atoms with Gasteiger partial charge in [0, 0.05) is 49.8 Å². The van der Waals surface area contributed by atoms with E-state index in [2.05, 4.69) is 42.2 Å². The molecule has 1 aromatic heterocycles. The molecular weight excluding hydrogens is 396 g/mol. The van der Waals surface area contributed by atoms with Gasteiger partial charge in [0.05, 0.1) is 6.10 Å². The van der Waals surface area contributed by atoms with E-state index in [9.17, 15) is 4.79 Å². The van der Waals surface area contributed by atoms with E-state index in [-0.39, 0.29) is 12.0 Å². The molecule has 2 heterocycles. The van der Waals surface area contributed by atoms with Crippen molar-refractivity contribution in [1.29, 1.82) is 0 Å². The van der Waals surface area contributed by atoms with Crippen molar-refractivity contribution >= 4 is 23.5 Å². The summed E-state index contributed by atoms with van der Waals surface area (Å²) in [5.74, 6) is 1.63. The summed E-state index contributed by atoms with van der Waals surface area (Å²) in [5, 5.41) is 3.77. The average Bonchev–Trinajstić information content (AvgIpc) is 3.30. The number of amides is 1. The Morgan fingerprint density at radius 3 is 2.90 bits per heavy atom. The lowest BCUT2D eigenvalue weighted by Crippen LogP contribution is -2.31. The maximum Gasteiger partial charge on any atom is 0.251 e. The van der Waals surface area contributed by atoms with Crippen molar-refractivity contribution in [2.75, 3.05) is 31.6 Å². The monoisotopic (exact) mass is 428 g/mol. The largest absolute Gasteiger partial charge is 0.376 e. The lowest BCUT2D eigenvalue weighted by molar-refractivity contribution is 0.0857. The average molecular weight is 429 g/mol. The number of rotatable bonds is 10. The third kappa shape index (κ3) is 6.44. The van der Waals surface area contributed by atoms with E-state index >= 15 is 0 Å². The SMILES string of the molecule is CCCN(C)c1cc(CC)nc(SCc2cccc(C(=O)NC[C@@H]3CCCO3)c2)n1. The highest BCUT2D eigenvalue weighted by molar-refractivity contribution is 7.98. The second-order valence-electron chi connectivity index (χ2n) is 7.61. The van der Waals surface area contributed by atoms with E-state index in [4.69, 9.17) is 9.72 Å². The van der Waals surface area contributed by atoms with E-state index in [1.54, 1.807) is 11.8 Å². The number of carbonyl (C=O) groups is 1. The summed E-state index contributed by atoms with van der Waals surface area (Å²) in [6.45, 7) is 6.61. The number of nitrogens with zero attached hydrogens (tertiary/aromatic N) is 3. The van der Waals surface area contributed by atoms with E-state index < -0.39 is 0 Å². The van der Waals surface area contributed by atoms with Gasteiger partial charge in [0.25, 0.3) is 5.91 Å². The van der Waals surface area contributed by atoms with Crippen LogP contribution >= 0.6 is 11.8 Å². The minimum absolute atomic E-state index is 0.0509. The number of nitrogens with one attached hydrogen (secondary N) is 1. The molecule has 1 aliphatic rings. The van der Waals surface area contributed by atoms with E-state index in [1.165, 1.54) is 0 Å². The fraction of sp³-hybridized carbons (Fsp3) is 0.522. The van der Waals surface area contributed by atoms with Crippen LogP contribution in [0.15, 0.2) is 35.5 Å². The number of aryl methyl sites for hydroxylation is 1. The van der Waals surface area contributed by atoms with Crippen LogP contribution in [0.1, 0.15) is 54.7 Å². The quantitative estimate of drug-likeness (QED) is 0.454. The van der Waals surface area contributed by atoms with Crippen LogP contribution in [0.2, 0.25) is 0 Å². The van der Waals surface area contributed by atoms with Gasteiger partial charge in [-0.15, -0.1) is 0 Å². The molecule has 0 radical (unpaired) electrons. The zero-order valence-electron chi connectivity index (χ0n) is 18.2.